The lowest BCUT2D eigenvalue weighted by atomic mass is 10.1. The number of carbonyl (C=O) groups excluding carboxylic acids is 2. The van der Waals surface area contributed by atoms with E-state index in [-0.39, 0.29) is 43.2 Å². The highest BCUT2D eigenvalue weighted by Gasteiger charge is 2.26. The molecule has 0 aliphatic heterocycles. The summed E-state index contributed by atoms with van der Waals surface area (Å²) in [6.45, 7) is 16.1. The number of amides is 2. The van der Waals surface area contributed by atoms with Crippen LogP contribution in [-0.4, -0.2) is 67.1 Å². The monoisotopic (exact) mass is 548 g/mol. The van der Waals surface area contributed by atoms with Gasteiger partial charge in [0.15, 0.2) is 6.17 Å². The smallest absolute Gasteiger partial charge is 0.262 e. The number of rotatable bonds is 18. The number of ether oxygens (including phenoxy) is 1. The topological polar surface area (TPSA) is 73.9 Å². The standard InChI is InChI=1S/C27H48N4O3.2ClH/c1-7-12-13-14-15-16-19-34-24-18-17-23(20-22(24)6)28-27(33)26(31(10-4)11-5)29-25(32)21-30(8-2)9-3;;/h17-18,20,26H,7-16,19,21H2,1-6H3,(H,28,33)(H,29,32);2*1H. The van der Waals surface area contributed by atoms with Crippen LogP contribution in [0.4, 0.5) is 5.69 Å². The molecular formula is C27H50Cl2N4O3. The van der Waals surface area contributed by atoms with E-state index in [0.29, 0.717) is 25.4 Å². The van der Waals surface area contributed by atoms with Crippen LogP contribution in [0.1, 0.15) is 78.7 Å². The summed E-state index contributed by atoms with van der Waals surface area (Å²) in [6, 6.07) is 5.69. The normalized spacial score (nSPS) is 11.4. The van der Waals surface area contributed by atoms with Gasteiger partial charge in [0.05, 0.1) is 13.2 Å². The van der Waals surface area contributed by atoms with Crippen LogP contribution in [-0.2, 0) is 9.59 Å². The van der Waals surface area contributed by atoms with Crippen LogP contribution in [0.15, 0.2) is 18.2 Å². The fraction of sp³-hybridized carbons (Fsp3) is 0.704. The van der Waals surface area contributed by atoms with Crippen molar-refractivity contribution in [3.05, 3.63) is 23.8 Å². The van der Waals surface area contributed by atoms with E-state index in [1.165, 1.54) is 32.1 Å². The van der Waals surface area contributed by atoms with E-state index in [9.17, 15) is 9.59 Å². The molecule has 0 spiro atoms. The van der Waals surface area contributed by atoms with E-state index < -0.39 is 6.17 Å². The molecule has 0 saturated carbocycles. The molecule has 0 aromatic heterocycles. The predicted molar refractivity (Wildman–Crippen MR) is 156 cm³/mol. The van der Waals surface area contributed by atoms with Crippen LogP contribution in [0, 0.1) is 6.92 Å². The second-order valence-electron chi connectivity index (χ2n) is 8.74. The molecule has 7 nitrogen and oxygen atoms in total. The number of hydrogen-bond acceptors (Lipinski definition) is 5. The average molecular weight is 550 g/mol. The van der Waals surface area contributed by atoms with Crippen molar-refractivity contribution in [2.45, 2.75) is 86.2 Å². The molecular weight excluding hydrogens is 499 g/mol. The fourth-order valence-corrected chi connectivity index (χ4v) is 3.92. The van der Waals surface area contributed by atoms with Gasteiger partial charge in [-0.05, 0) is 63.3 Å². The number of anilines is 1. The molecule has 1 rings (SSSR count). The summed E-state index contributed by atoms with van der Waals surface area (Å²) in [6.07, 6.45) is 6.66. The van der Waals surface area contributed by atoms with Crippen molar-refractivity contribution in [3.8, 4) is 5.75 Å². The van der Waals surface area contributed by atoms with E-state index in [1.54, 1.807) is 0 Å². The zero-order valence-corrected chi connectivity index (χ0v) is 24.9. The molecule has 0 aliphatic carbocycles. The summed E-state index contributed by atoms with van der Waals surface area (Å²) in [4.78, 5) is 29.7. The number of benzene rings is 1. The zero-order valence-electron chi connectivity index (χ0n) is 23.2. The Kier molecular flexibility index (Phi) is 21.9. The quantitative estimate of drug-likeness (QED) is 0.183. The van der Waals surface area contributed by atoms with Crippen molar-refractivity contribution in [3.63, 3.8) is 0 Å². The lowest BCUT2D eigenvalue weighted by molar-refractivity contribution is -0.131. The van der Waals surface area contributed by atoms with E-state index >= 15 is 0 Å². The van der Waals surface area contributed by atoms with E-state index in [1.807, 2.05) is 62.6 Å². The molecule has 0 fully saturated rings. The van der Waals surface area contributed by atoms with Gasteiger partial charge in [-0.3, -0.25) is 19.4 Å². The van der Waals surface area contributed by atoms with Gasteiger partial charge < -0.3 is 15.4 Å². The molecule has 1 atom stereocenters. The van der Waals surface area contributed by atoms with Crippen LogP contribution >= 0.6 is 24.8 Å². The summed E-state index contributed by atoms with van der Waals surface area (Å²) >= 11 is 0. The Bertz CT molecular complexity index is 729. The molecule has 0 heterocycles. The Morgan fingerprint density at radius 2 is 1.50 bits per heavy atom. The first kappa shape index (κ1) is 36.6. The van der Waals surface area contributed by atoms with Crippen LogP contribution in [0.2, 0.25) is 0 Å². The highest BCUT2D eigenvalue weighted by Crippen LogP contribution is 2.22. The highest BCUT2D eigenvalue weighted by molar-refractivity contribution is 5.97. The number of likely N-dealkylation sites (N-methyl/N-ethyl adjacent to an activating group) is 2. The SMILES string of the molecule is CCCCCCCCOc1ccc(NC(=O)C(NC(=O)CN(CC)CC)N(CC)CC)cc1C.Cl.Cl. The van der Waals surface area contributed by atoms with Gasteiger partial charge in [-0.25, -0.2) is 0 Å². The van der Waals surface area contributed by atoms with E-state index in [4.69, 9.17) is 4.74 Å². The van der Waals surface area contributed by atoms with Crippen LogP contribution in [0.5, 0.6) is 5.75 Å². The molecule has 1 unspecified atom stereocenters. The zero-order chi connectivity index (χ0) is 25.3. The first-order chi connectivity index (χ1) is 16.4. The van der Waals surface area contributed by atoms with Gasteiger partial charge in [-0.15, -0.1) is 24.8 Å². The lowest BCUT2D eigenvalue weighted by Crippen LogP contribution is -2.56. The Morgan fingerprint density at radius 1 is 0.889 bits per heavy atom. The summed E-state index contributed by atoms with van der Waals surface area (Å²) in [5.41, 5.74) is 1.68. The first-order valence-corrected chi connectivity index (χ1v) is 13.2. The molecule has 2 N–H and O–H groups in total. The predicted octanol–water partition coefficient (Wildman–Crippen LogP) is 5.64. The van der Waals surface area contributed by atoms with Gasteiger partial charge in [0.25, 0.3) is 5.91 Å². The molecule has 0 radical (unpaired) electrons. The Hall–Kier alpha value is -1.54. The molecule has 1 aromatic carbocycles. The van der Waals surface area contributed by atoms with Gasteiger partial charge in [0.1, 0.15) is 5.75 Å². The number of nitrogens with one attached hydrogen (secondary N) is 2. The van der Waals surface area contributed by atoms with Crippen molar-refractivity contribution < 1.29 is 14.3 Å². The molecule has 2 amide bonds. The number of aryl methyl sites for hydroxylation is 1. The van der Waals surface area contributed by atoms with Gasteiger partial charge in [-0.1, -0.05) is 66.7 Å². The number of halogens is 2. The molecule has 36 heavy (non-hydrogen) atoms. The van der Waals surface area contributed by atoms with E-state index in [0.717, 1.165) is 30.8 Å². The lowest BCUT2D eigenvalue weighted by Gasteiger charge is -2.30. The van der Waals surface area contributed by atoms with Crippen molar-refractivity contribution in [2.75, 3.05) is 44.6 Å². The third kappa shape index (κ3) is 13.7. The first-order valence-electron chi connectivity index (χ1n) is 13.2. The number of nitrogens with zero attached hydrogens (tertiary/aromatic N) is 2. The molecule has 210 valence electrons. The second kappa shape index (κ2) is 21.5. The molecule has 1 aromatic rings. The van der Waals surface area contributed by atoms with Gasteiger partial charge in [-0.2, -0.15) is 0 Å². The van der Waals surface area contributed by atoms with E-state index in [2.05, 4.69) is 17.6 Å². The molecule has 0 saturated heterocycles. The number of carbonyl (C=O) groups is 2. The minimum absolute atomic E-state index is 0. The fourth-order valence-electron chi connectivity index (χ4n) is 3.92. The van der Waals surface area contributed by atoms with Gasteiger partial charge >= 0.3 is 0 Å². The summed E-state index contributed by atoms with van der Waals surface area (Å²) < 4.78 is 5.95. The van der Waals surface area contributed by atoms with Gasteiger partial charge in [0, 0.05) is 5.69 Å². The van der Waals surface area contributed by atoms with Crippen molar-refractivity contribution in [1.82, 2.24) is 15.1 Å². The third-order valence-corrected chi connectivity index (χ3v) is 6.18. The largest absolute Gasteiger partial charge is 0.493 e. The van der Waals surface area contributed by atoms with Gasteiger partial charge in [0.2, 0.25) is 5.91 Å². The van der Waals surface area contributed by atoms with Crippen LogP contribution in [0.25, 0.3) is 0 Å². The minimum atomic E-state index is -0.720. The summed E-state index contributed by atoms with van der Waals surface area (Å²) in [7, 11) is 0. The number of hydrogen-bond donors (Lipinski definition) is 2. The van der Waals surface area contributed by atoms with Crippen LogP contribution < -0.4 is 15.4 Å². The third-order valence-electron chi connectivity index (χ3n) is 6.18. The Labute approximate surface area is 231 Å². The molecule has 9 heteroatoms. The molecule has 0 bridgehead atoms. The van der Waals surface area contributed by atoms with Crippen molar-refractivity contribution in [1.29, 1.82) is 0 Å². The summed E-state index contributed by atoms with van der Waals surface area (Å²) in [5, 5.41) is 5.90. The van der Waals surface area contributed by atoms with Crippen LogP contribution in [0.3, 0.4) is 0 Å². The average Bonchev–Trinajstić information content (AvgIpc) is 2.83. The molecule has 0 aliphatic rings. The maximum Gasteiger partial charge on any atom is 0.262 e. The highest BCUT2D eigenvalue weighted by atomic mass is 35.5. The van der Waals surface area contributed by atoms with Crippen molar-refractivity contribution >= 4 is 42.3 Å². The Morgan fingerprint density at radius 3 is 2.06 bits per heavy atom. The Balaban J connectivity index is 0. The van der Waals surface area contributed by atoms with Crippen molar-refractivity contribution in [2.24, 2.45) is 0 Å². The maximum atomic E-state index is 13.1. The number of unbranched alkanes of at least 4 members (excludes halogenated alkanes) is 5. The minimum Gasteiger partial charge on any atom is -0.493 e. The second-order valence-corrected chi connectivity index (χ2v) is 8.74. The maximum absolute atomic E-state index is 13.1. The summed E-state index contributed by atoms with van der Waals surface area (Å²) in [5.74, 6) is 0.460.